The molecule has 26 heavy (non-hydrogen) atoms. The smallest absolute Gasteiger partial charge is 0.414 e. The monoisotopic (exact) mass is 359 g/mol. The van der Waals surface area contributed by atoms with Crippen LogP contribution in [0.25, 0.3) is 0 Å². The zero-order valence-electron chi connectivity index (χ0n) is 16.8. The molecular formula is C21H33N3O2. The Bertz CT molecular complexity index is 631. The van der Waals surface area contributed by atoms with E-state index in [0.717, 1.165) is 64.2 Å². The molecule has 1 amide bonds. The van der Waals surface area contributed by atoms with Crippen molar-refractivity contribution in [3.8, 4) is 0 Å². The third kappa shape index (κ3) is 4.77. The molecule has 144 valence electrons. The molecule has 2 aliphatic rings. The number of fused-ring (bicyclic) bond motifs is 1. The number of carbonyl (C=O) groups excluding carboxylic acids is 1. The van der Waals surface area contributed by atoms with Crippen LogP contribution in [-0.4, -0.2) is 67.8 Å². The molecule has 0 unspecified atom stereocenters. The quantitative estimate of drug-likeness (QED) is 0.827. The number of rotatable bonds is 4. The van der Waals surface area contributed by atoms with Crippen LogP contribution in [0.1, 0.15) is 38.3 Å². The van der Waals surface area contributed by atoms with Gasteiger partial charge in [-0.05, 0) is 64.8 Å². The summed E-state index contributed by atoms with van der Waals surface area (Å²) >= 11 is 0. The molecule has 0 aliphatic carbocycles. The van der Waals surface area contributed by atoms with Crippen molar-refractivity contribution in [3.05, 3.63) is 29.3 Å². The average molecular weight is 360 g/mol. The molecule has 0 saturated carbocycles. The molecule has 0 atom stereocenters. The fraction of sp³-hybridized carbons (Fsp3) is 0.667. The Labute approximate surface area is 157 Å². The standard InChI is InChI=1S/C21H33N3O2/c1-21(2,3)26-20(25)24-12-10-18-8-5-7-17(19(18)24)9-6-11-23-15-13-22(4)14-16-23/h5,7-8H,6,9-16H2,1-4H3. The molecule has 3 rings (SSSR count). The van der Waals surface area contributed by atoms with Gasteiger partial charge < -0.3 is 14.5 Å². The molecule has 1 saturated heterocycles. The van der Waals surface area contributed by atoms with Crippen LogP contribution in [0, 0.1) is 0 Å². The summed E-state index contributed by atoms with van der Waals surface area (Å²) < 4.78 is 5.62. The van der Waals surface area contributed by atoms with Crippen LogP contribution in [0.2, 0.25) is 0 Å². The molecule has 5 heteroatoms. The number of nitrogens with zero attached hydrogens (tertiary/aromatic N) is 3. The summed E-state index contributed by atoms with van der Waals surface area (Å²) in [6.45, 7) is 12.3. The number of ether oxygens (including phenoxy) is 1. The number of aryl methyl sites for hydroxylation is 1. The van der Waals surface area contributed by atoms with Gasteiger partial charge in [-0.15, -0.1) is 0 Å². The zero-order valence-corrected chi connectivity index (χ0v) is 16.8. The summed E-state index contributed by atoms with van der Waals surface area (Å²) in [6.07, 6.45) is 2.83. The van der Waals surface area contributed by atoms with E-state index in [1.807, 2.05) is 25.7 Å². The van der Waals surface area contributed by atoms with Gasteiger partial charge in [-0.2, -0.15) is 0 Å². The van der Waals surface area contributed by atoms with Crippen molar-refractivity contribution < 1.29 is 9.53 Å². The highest BCUT2D eigenvalue weighted by Crippen LogP contribution is 2.33. The Balaban J connectivity index is 1.62. The van der Waals surface area contributed by atoms with Crippen molar-refractivity contribution in [2.24, 2.45) is 0 Å². The Kier molecular flexibility index (Phi) is 5.88. The predicted octanol–water partition coefficient (Wildman–Crippen LogP) is 3.16. The normalized spacial score (nSPS) is 18.8. The van der Waals surface area contributed by atoms with Gasteiger partial charge >= 0.3 is 6.09 Å². The lowest BCUT2D eigenvalue weighted by atomic mass is 10.0. The van der Waals surface area contributed by atoms with Crippen molar-refractivity contribution in [3.63, 3.8) is 0 Å². The van der Waals surface area contributed by atoms with Gasteiger partial charge in [-0.1, -0.05) is 18.2 Å². The van der Waals surface area contributed by atoms with Crippen LogP contribution in [0.5, 0.6) is 0 Å². The zero-order chi connectivity index (χ0) is 18.7. The van der Waals surface area contributed by atoms with Crippen molar-refractivity contribution in [1.82, 2.24) is 9.80 Å². The number of carbonyl (C=O) groups is 1. The van der Waals surface area contributed by atoms with E-state index in [1.165, 1.54) is 11.1 Å². The molecule has 2 aliphatic heterocycles. The maximum Gasteiger partial charge on any atom is 0.414 e. The second-order valence-electron chi connectivity index (χ2n) is 8.56. The summed E-state index contributed by atoms with van der Waals surface area (Å²) in [5.74, 6) is 0. The summed E-state index contributed by atoms with van der Waals surface area (Å²) in [5, 5.41) is 0. The van der Waals surface area contributed by atoms with Crippen LogP contribution in [0.15, 0.2) is 18.2 Å². The van der Waals surface area contributed by atoms with E-state index in [2.05, 4.69) is 35.0 Å². The number of benzene rings is 1. The minimum Gasteiger partial charge on any atom is -0.443 e. The Morgan fingerprint density at radius 2 is 1.85 bits per heavy atom. The van der Waals surface area contributed by atoms with E-state index in [-0.39, 0.29) is 6.09 Å². The molecule has 0 radical (unpaired) electrons. The SMILES string of the molecule is CN1CCN(CCCc2cccc3c2N(C(=O)OC(C)(C)C)CC3)CC1. The first kappa shape index (κ1) is 19.2. The number of piperazine rings is 1. The summed E-state index contributed by atoms with van der Waals surface area (Å²) in [5.41, 5.74) is 3.18. The highest BCUT2D eigenvalue weighted by atomic mass is 16.6. The van der Waals surface area contributed by atoms with E-state index in [1.54, 1.807) is 0 Å². The average Bonchev–Trinajstić information content (AvgIpc) is 3.00. The van der Waals surface area contributed by atoms with E-state index in [0.29, 0.717) is 0 Å². The van der Waals surface area contributed by atoms with Crippen LogP contribution in [0.3, 0.4) is 0 Å². The summed E-state index contributed by atoms with van der Waals surface area (Å²) in [7, 11) is 2.19. The second-order valence-corrected chi connectivity index (χ2v) is 8.56. The lowest BCUT2D eigenvalue weighted by Gasteiger charge is -2.32. The van der Waals surface area contributed by atoms with Gasteiger partial charge in [0.05, 0.1) is 5.69 Å². The predicted molar refractivity (Wildman–Crippen MR) is 106 cm³/mol. The van der Waals surface area contributed by atoms with Crippen molar-refractivity contribution in [2.45, 2.75) is 45.6 Å². The maximum atomic E-state index is 12.6. The molecule has 5 nitrogen and oxygen atoms in total. The molecule has 0 bridgehead atoms. The van der Waals surface area contributed by atoms with Crippen LogP contribution < -0.4 is 4.90 Å². The van der Waals surface area contributed by atoms with Crippen LogP contribution in [-0.2, 0) is 17.6 Å². The Morgan fingerprint density at radius 1 is 1.12 bits per heavy atom. The Hall–Kier alpha value is -1.59. The fourth-order valence-electron chi connectivity index (χ4n) is 3.80. The molecule has 1 aromatic carbocycles. The van der Waals surface area contributed by atoms with Gasteiger partial charge in [-0.3, -0.25) is 4.90 Å². The topological polar surface area (TPSA) is 36.0 Å². The molecule has 2 heterocycles. The van der Waals surface area contributed by atoms with Crippen molar-refractivity contribution in [1.29, 1.82) is 0 Å². The molecule has 1 aromatic rings. The summed E-state index contributed by atoms with van der Waals surface area (Å²) in [4.78, 5) is 19.4. The van der Waals surface area contributed by atoms with Gasteiger partial charge in [0, 0.05) is 32.7 Å². The maximum absolute atomic E-state index is 12.6. The molecule has 0 aromatic heterocycles. The fourth-order valence-corrected chi connectivity index (χ4v) is 3.80. The highest BCUT2D eigenvalue weighted by molar-refractivity contribution is 5.91. The number of para-hydroxylation sites is 1. The highest BCUT2D eigenvalue weighted by Gasteiger charge is 2.30. The first-order valence-corrected chi connectivity index (χ1v) is 9.86. The number of anilines is 1. The van der Waals surface area contributed by atoms with Crippen molar-refractivity contribution in [2.75, 3.05) is 51.2 Å². The van der Waals surface area contributed by atoms with E-state index < -0.39 is 5.60 Å². The number of hydrogen-bond donors (Lipinski definition) is 0. The van der Waals surface area contributed by atoms with Gasteiger partial charge in [0.25, 0.3) is 0 Å². The van der Waals surface area contributed by atoms with Gasteiger partial charge in [-0.25, -0.2) is 4.79 Å². The summed E-state index contributed by atoms with van der Waals surface area (Å²) in [6, 6.07) is 6.44. The minimum absolute atomic E-state index is 0.220. The largest absolute Gasteiger partial charge is 0.443 e. The van der Waals surface area contributed by atoms with Crippen LogP contribution >= 0.6 is 0 Å². The lowest BCUT2D eigenvalue weighted by molar-refractivity contribution is 0.0583. The second kappa shape index (κ2) is 7.97. The Morgan fingerprint density at radius 3 is 2.54 bits per heavy atom. The first-order valence-electron chi connectivity index (χ1n) is 9.86. The number of hydrogen-bond acceptors (Lipinski definition) is 4. The van der Waals surface area contributed by atoms with Gasteiger partial charge in [0.2, 0.25) is 0 Å². The molecule has 0 spiro atoms. The third-order valence-electron chi connectivity index (χ3n) is 5.21. The molecule has 1 fully saturated rings. The third-order valence-corrected chi connectivity index (χ3v) is 5.21. The van der Waals surface area contributed by atoms with E-state index >= 15 is 0 Å². The number of likely N-dealkylation sites (N-methyl/N-ethyl adjacent to an activating group) is 1. The van der Waals surface area contributed by atoms with Gasteiger partial charge in [0.1, 0.15) is 5.60 Å². The molecule has 0 N–H and O–H groups in total. The first-order chi connectivity index (χ1) is 12.3. The van der Waals surface area contributed by atoms with Crippen molar-refractivity contribution >= 4 is 11.8 Å². The van der Waals surface area contributed by atoms with E-state index in [9.17, 15) is 4.79 Å². The molecular weight excluding hydrogens is 326 g/mol. The van der Waals surface area contributed by atoms with E-state index in [4.69, 9.17) is 4.74 Å². The number of amides is 1. The minimum atomic E-state index is -0.462. The van der Waals surface area contributed by atoms with Crippen LogP contribution in [0.4, 0.5) is 10.5 Å². The van der Waals surface area contributed by atoms with Gasteiger partial charge in [0.15, 0.2) is 0 Å². The lowest BCUT2D eigenvalue weighted by Crippen LogP contribution is -2.44.